The van der Waals surface area contributed by atoms with Crippen molar-refractivity contribution in [2.75, 3.05) is 19.0 Å². The van der Waals surface area contributed by atoms with E-state index in [9.17, 15) is 18.7 Å². The molecule has 1 atom stereocenters. The van der Waals surface area contributed by atoms with Crippen molar-refractivity contribution in [1.82, 2.24) is 5.32 Å². The fraction of sp³-hybridized carbons (Fsp3) is 0.500. The molecular weight excluding hydrogens is 282 g/mol. The van der Waals surface area contributed by atoms with Gasteiger partial charge in [-0.05, 0) is 12.3 Å². The molecular formula is C14H20F2N2O3. The van der Waals surface area contributed by atoms with Crippen molar-refractivity contribution in [1.29, 1.82) is 0 Å². The van der Waals surface area contributed by atoms with Gasteiger partial charge in [-0.25, -0.2) is 13.6 Å². The molecule has 0 aliphatic heterocycles. The van der Waals surface area contributed by atoms with Crippen molar-refractivity contribution in [3.05, 3.63) is 23.8 Å². The number of methoxy groups -OCH3 is 1. The summed E-state index contributed by atoms with van der Waals surface area (Å²) in [6, 6.07) is 1.25. The number of halogens is 2. The lowest BCUT2D eigenvalue weighted by atomic mass is 10.1. The fourth-order valence-electron chi connectivity index (χ4n) is 1.84. The first kappa shape index (κ1) is 17.2. The number of hydrogen-bond acceptors (Lipinski definition) is 3. The Bertz CT molecular complexity index is 472. The number of carbonyl (C=O) groups excluding carboxylic acids is 1. The molecule has 7 heteroatoms. The Balaban J connectivity index is 2.55. The maximum Gasteiger partial charge on any atom is 0.319 e. The van der Waals surface area contributed by atoms with Crippen LogP contribution in [0, 0.1) is 17.6 Å². The SMILES string of the molecule is COc1c(F)cc(NC(=O)NCC(O)CC(C)C)cc1F. The highest BCUT2D eigenvalue weighted by Gasteiger charge is 2.13. The van der Waals surface area contributed by atoms with Crippen LogP contribution in [0.15, 0.2) is 12.1 Å². The number of carbonyl (C=O) groups is 1. The van der Waals surface area contributed by atoms with E-state index in [1.54, 1.807) is 0 Å². The number of aliphatic hydroxyl groups is 1. The first-order valence-corrected chi connectivity index (χ1v) is 6.59. The maximum absolute atomic E-state index is 13.4. The summed E-state index contributed by atoms with van der Waals surface area (Å²) in [4.78, 5) is 11.6. The van der Waals surface area contributed by atoms with Crippen LogP contribution < -0.4 is 15.4 Å². The van der Waals surface area contributed by atoms with Crippen LogP contribution in [-0.2, 0) is 0 Å². The minimum Gasteiger partial charge on any atom is -0.491 e. The van der Waals surface area contributed by atoms with E-state index in [-0.39, 0.29) is 12.2 Å². The molecule has 0 bridgehead atoms. The highest BCUT2D eigenvalue weighted by Crippen LogP contribution is 2.25. The van der Waals surface area contributed by atoms with E-state index >= 15 is 0 Å². The second-order valence-corrected chi connectivity index (χ2v) is 5.09. The average Bonchev–Trinajstić information content (AvgIpc) is 2.35. The zero-order valence-corrected chi connectivity index (χ0v) is 12.2. The first-order chi connectivity index (χ1) is 9.83. The Kier molecular flexibility index (Phi) is 6.36. The van der Waals surface area contributed by atoms with E-state index < -0.39 is 29.5 Å². The second kappa shape index (κ2) is 7.78. The van der Waals surface area contributed by atoms with E-state index in [4.69, 9.17) is 0 Å². The van der Waals surface area contributed by atoms with E-state index in [2.05, 4.69) is 15.4 Å². The van der Waals surface area contributed by atoms with Gasteiger partial charge in [-0.1, -0.05) is 13.8 Å². The van der Waals surface area contributed by atoms with Crippen LogP contribution in [0.3, 0.4) is 0 Å². The Labute approximate surface area is 122 Å². The van der Waals surface area contributed by atoms with Crippen LogP contribution in [0.5, 0.6) is 5.75 Å². The molecule has 1 aromatic rings. The van der Waals surface area contributed by atoms with Crippen molar-refractivity contribution >= 4 is 11.7 Å². The topological polar surface area (TPSA) is 70.6 Å². The lowest BCUT2D eigenvalue weighted by Crippen LogP contribution is -2.35. The standard InChI is InChI=1S/C14H20F2N2O3/c1-8(2)4-10(19)7-17-14(20)18-9-5-11(15)13(21-3)12(16)6-9/h5-6,8,10,19H,4,7H2,1-3H3,(H2,17,18,20). The van der Waals surface area contributed by atoms with Gasteiger partial charge in [0, 0.05) is 24.4 Å². The Morgan fingerprint density at radius 2 is 1.90 bits per heavy atom. The van der Waals surface area contributed by atoms with Crippen LogP contribution >= 0.6 is 0 Å². The third-order valence-electron chi connectivity index (χ3n) is 2.70. The molecule has 0 radical (unpaired) electrons. The van der Waals surface area contributed by atoms with Gasteiger partial charge in [0.1, 0.15) is 0 Å². The average molecular weight is 302 g/mol. The molecule has 0 saturated heterocycles. The van der Waals surface area contributed by atoms with Gasteiger partial charge in [0.25, 0.3) is 0 Å². The zero-order chi connectivity index (χ0) is 16.0. The normalized spacial score (nSPS) is 12.1. The highest BCUT2D eigenvalue weighted by atomic mass is 19.1. The van der Waals surface area contributed by atoms with Gasteiger partial charge in [0.05, 0.1) is 13.2 Å². The number of nitrogens with one attached hydrogen (secondary N) is 2. The Morgan fingerprint density at radius 3 is 2.38 bits per heavy atom. The Morgan fingerprint density at radius 1 is 1.33 bits per heavy atom. The van der Waals surface area contributed by atoms with E-state index in [1.165, 1.54) is 0 Å². The largest absolute Gasteiger partial charge is 0.491 e. The third-order valence-corrected chi connectivity index (χ3v) is 2.70. The molecule has 21 heavy (non-hydrogen) atoms. The predicted molar refractivity (Wildman–Crippen MR) is 75.4 cm³/mol. The number of benzene rings is 1. The second-order valence-electron chi connectivity index (χ2n) is 5.09. The smallest absolute Gasteiger partial charge is 0.319 e. The molecule has 1 rings (SSSR count). The molecule has 0 aliphatic rings. The summed E-state index contributed by atoms with van der Waals surface area (Å²) in [6.07, 6.45) is -0.119. The predicted octanol–water partition coefficient (Wildman–Crippen LogP) is 2.50. The Hall–Kier alpha value is -1.89. The summed E-state index contributed by atoms with van der Waals surface area (Å²) < 4.78 is 31.4. The van der Waals surface area contributed by atoms with Crippen LogP contribution in [-0.4, -0.2) is 30.9 Å². The van der Waals surface area contributed by atoms with Gasteiger partial charge in [-0.3, -0.25) is 0 Å². The van der Waals surface area contributed by atoms with Crippen LogP contribution in [0.25, 0.3) is 0 Å². The van der Waals surface area contributed by atoms with Crippen LogP contribution in [0.2, 0.25) is 0 Å². The summed E-state index contributed by atoms with van der Waals surface area (Å²) in [5.74, 6) is -2.02. The maximum atomic E-state index is 13.4. The lowest BCUT2D eigenvalue weighted by molar-refractivity contribution is 0.148. The molecule has 0 spiro atoms. The molecule has 0 aromatic heterocycles. The van der Waals surface area contributed by atoms with Gasteiger partial charge in [0.2, 0.25) is 0 Å². The van der Waals surface area contributed by atoms with Crippen molar-refractivity contribution in [3.8, 4) is 5.75 Å². The number of ether oxygens (including phenoxy) is 1. The summed E-state index contributed by atoms with van der Waals surface area (Å²) >= 11 is 0. The number of amides is 2. The van der Waals surface area contributed by atoms with Crippen molar-refractivity contribution < 1.29 is 23.4 Å². The molecule has 118 valence electrons. The highest BCUT2D eigenvalue weighted by molar-refractivity contribution is 5.89. The number of rotatable bonds is 6. The van der Waals surface area contributed by atoms with Crippen molar-refractivity contribution in [3.63, 3.8) is 0 Å². The number of urea groups is 1. The molecule has 5 nitrogen and oxygen atoms in total. The summed E-state index contributed by atoms with van der Waals surface area (Å²) in [5, 5.41) is 14.3. The van der Waals surface area contributed by atoms with Crippen LogP contribution in [0.1, 0.15) is 20.3 Å². The van der Waals surface area contributed by atoms with Gasteiger partial charge >= 0.3 is 6.03 Å². The first-order valence-electron chi connectivity index (χ1n) is 6.59. The summed E-state index contributed by atoms with van der Waals surface area (Å²) in [6.45, 7) is 3.96. The van der Waals surface area contributed by atoms with Gasteiger partial charge in [-0.15, -0.1) is 0 Å². The minimum atomic E-state index is -0.910. The molecule has 1 aromatic carbocycles. The molecule has 3 N–H and O–H groups in total. The monoisotopic (exact) mass is 302 g/mol. The van der Waals surface area contributed by atoms with Gasteiger partial charge < -0.3 is 20.5 Å². The van der Waals surface area contributed by atoms with Gasteiger partial charge in [-0.2, -0.15) is 0 Å². The number of hydrogen-bond donors (Lipinski definition) is 3. The fourth-order valence-corrected chi connectivity index (χ4v) is 1.84. The molecule has 0 fully saturated rings. The van der Waals surface area contributed by atoms with E-state index in [0.29, 0.717) is 12.3 Å². The summed E-state index contributed by atoms with van der Waals surface area (Å²) in [5.41, 5.74) is -0.0401. The number of aliphatic hydroxyl groups excluding tert-OH is 1. The lowest BCUT2D eigenvalue weighted by Gasteiger charge is -2.14. The van der Waals surface area contributed by atoms with E-state index in [1.807, 2.05) is 13.8 Å². The molecule has 0 saturated carbocycles. The third kappa shape index (κ3) is 5.55. The molecule has 1 unspecified atom stereocenters. The minimum absolute atomic E-state index is 0.0401. The zero-order valence-electron chi connectivity index (χ0n) is 12.2. The molecule has 0 heterocycles. The van der Waals surface area contributed by atoms with Crippen molar-refractivity contribution in [2.45, 2.75) is 26.4 Å². The quantitative estimate of drug-likeness (QED) is 0.756. The summed E-state index contributed by atoms with van der Waals surface area (Å²) in [7, 11) is 1.15. The van der Waals surface area contributed by atoms with Gasteiger partial charge in [0.15, 0.2) is 17.4 Å². The van der Waals surface area contributed by atoms with E-state index in [0.717, 1.165) is 19.2 Å². The van der Waals surface area contributed by atoms with Crippen molar-refractivity contribution in [2.24, 2.45) is 5.92 Å². The number of anilines is 1. The molecule has 0 aliphatic carbocycles. The van der Waals surface area contributed by atoms with Crippen LogP contribution in [0.4, 0.5) is 19.3 Å². The molecule has 2 amide bonds.